The topological polar surface area (TPSA) is 58.4 Å². The van der Waals surface area contributed by atoms with Crippen molar-refractivity contribution in [1.29, 1.82) is 0 Å². The second-order valence-electron chi connectivity index (χ2n) is 4.74. The van der Waals surface area contributed by atoms with Crippen LogP contribution >= 0.6 is 15.9 Å². The smallest absolute Gasteiger partial charge is 0.251 e. The van der Waals surface area contributed by atoms with E-state index in [1.807, 2.05) is 50.1 Å². The molecule has 0 aliphatic rings. The monoisotopic (exact) mass is 313 g/mol. The fourth-order valence-corrected chi connectivity index (χ4v) is 2.34. The van der Waals surface area contributed by atoms with E-state index in [1.54, 1.807) is 0 Å². The van der Waals surface area contributed by atoms with Crippen LogP contribution in [-0.2, 0) is 11.3 Å². The third-order valence-electron chi connectivity index (χ3n) is 2.86. The van der Waals surface area contributed by atoms with E-state index in [0.29, 0.717) is 6.54 Å². The van der Waals surface area contributed by atoms with Crippen LogP contribution < -0.4 is 11.3 Å². The number of rotatable bonds is 5. The lowest BCUT2D eigenvalue weighted by Crippen LogP contribution is -2.50. The lowest BCUT2D eigenvalue weighted by atomic mass is 10.0. The first-order chi connectivity index (χ1) is 8.45. The fraction of sp³-hybridized carbons (Fsp3) is 0.462. The number of amides is 1. The second-order valence-corrected chi connectivity index (χ2v) is 5.65. The third kappa shape index (κ3) is 4.08. The maximum atomic E-state index is 11.8. The van der Waals surface area contributed by atoms with E-state index >= 15 is 0 Å². The van der Waals surface area contributed by atoms with Gasteiger partial charge in [0.1, 0.15) is 0 Å². The van der Waals surface area contributed by atoms with Gasteiger partial charge in [-0.3, -0.25) is 15.1 Å². The molecule has 0 aromatic heterocycles. The number of hydrazine groups is 1. The van der Waals surface area contributed by atoms with Gasteiger partial charge in [0, 0.05) is 11.0 Å². The van der Waals surface area contributed by atoms with E-state index in [-0.39, 0.29) is 17.9 Å². The summed E-state index contributed by atoms with van der Waals surface area (Å²) in [4.78, 5) is 13.8. The predicted molar refractivity (Wildman–Crippen MR) is 76.6 cm³/mol. The van der Waals surface area contributed by atoms with Crippen molar-refractivity contribution >= 4 is 21.8 Å². The van der Waals surface area contributed by atoms with Crippen LogP contribution in [-0.4, -0.2) is 23.9 Å². The molecule has 18 heavy (non-hydrogen) atoms. The molecule has 1 amide bonds. The zero-order valence-electron chi connectivity index (χ0n) is 11.0. The van der Waals surface area contributed by atoms with Crippen molar-refractivity contribution in [3.63, 3.8) is 0 Å². The summed E-state index contributed by atoms with van der Waals surface area (Å²) in [6.45, 7) is 4.74. The Morgan fingerprint density at radius 1 is 1.39 bits per heavy atom. The minimum absolute atomic E-state index is 0.149. The van der Waals surface area contributed by atoms with Gasteiger partial charge >= 0.3 is 0 Å². The Labute approximate surface area is 117 Å². The number of hydrogen-bond donors (Lipinski definition) is 2. The maximum absolute atomic E-state index is 11.8. The zero-order chi connectivity index (χ0) is 13.7. The second kappa shape index (κ2) is 6.87. The van der Waals surface area contributed by atoms with E-state index in [0.717, 1.165) is 10.0 Å². The van der Waals surface area contributed by atoms with Crippen LogP contribution in [0.5, 0.6) is 0 Å². The van der Waals surface area contributed by atoms with Gasteiger partial charge in [0.25, 0.3) is 5.91 Å². The van der Waals surface area contributed by atoms with Gasteiger partial charge in [0.05, 0.1) is 6.04 Å². The lowest BCUT2D eigenvalue weighted by molar-refractivity contribution is -0.127. The van der Waals surface area contributed by atoms with Crippen LogP contribution in [0, 0.1) is 5.92 Å². The Morgan fingerprint density at radius 2 is 1.94 bits per heavy atom. The summed E-state index contributed by atoms with van der Waals surface area (Å²) in [6, 6.07) is 7.85. The van der Waals surface area contributed by atoms with Crippen molar-refractivity contribution in [1.82, 2.24) is 10.3 Å². The normalized spacial score (nSPS) is 12.8. The van der Waals surface area contributed by atoms with Gasteiger partial charge in [0.2, 0.25) is 0 Å². The van der Waals surface area contributed by atoms with Crippen LogP contribution in [0.4, 0.5) is 0 Å². The Balaban J connectivity index is 2.75. The molecule has 1 rings (SSSR count). The zero-order valence-corrected chi connectivity index (χ0v) is 12.6. The third-order valence-corrected chi connectivity index (χ3v) is 3.39. The molecular formula is C13H20BrN3O. The van der Waals surface area contributed by atoms with E-state index in [1.165, 1.54) is 0 Å². The Morgan fingerprint density at radius 3 is 2.39 bits per heavy atom. The number of likely N-dealkylation sites (N-methyl/N-ethyl adjacent to an activating group) is 1. The molecule has 0 aliphatic heterocycles. The Bertz CT molecular complexity index is 392. The van der Waals surface area contributed by atoms with E-state index in [4.69, 9.17) is 5.84 Å². The average Bonchev–Trinajstić information content (AvgIpc) is 2.31. The highest BCUT2D eigenvalue weighted by Crippen LogP contribution is 2.15. The molecule has 0 saturated heterocycles. The molecule has 0 aliphatic carbocycles. The average molecular weight is 314 g/mol. The predicted octanol–water partition coefficient (Wildman–Crippen LogP) is 1.90. The van der Waals surface area contributed by atoms with Gasteiger partial charge in [0.15, 0.2) is 0 Å². The summed E-state index contributed by atoms with van der Waals surface area (Å²) in [7, 11) is 1.93. The van der Waals surface area contributed by atoms with Crippen molar-refractivity contribution in [3.8, 4) is 0 Å². The number of carbonyl (C=O) groups is 1. The van der Waals surface area contributed by atoms with Gasteiger partial charge in [-0.1, -0.05) is 41.9 Å². The molecule has 1 aromatic rings. The van der Waals surface area contributed by atoms with Crippen molar-refractivity contribution in [2.45, 2.75) is 26.4 Å². The number of nitrogens with one attached hydrogen (secondary N) is 1. The van der Waals surface area contributed by atoms with Gasteiger partial charge in [-0.05, 0) is 30.7 Å². The van der Waals surface area contributed by atoms with E-state index in [9.17, 15) is 4.79 Å². The van der Waals surface area contributed by atoms with Gasteiger partial charge in [-0.25, -0.2) is 5.84 Å². The lowest BCUT2D eigenvalue weighted by Gasteiger charge is -2.29. The molecule has 0 heterocycles. The van der Waals surface area contributed by atoms with Crippen molar-refractivity contribution in [2.24, 2.45) is 11.8 Å². The molecule has 4 nitrogen and oxygen atoms in total. The molecule has 1 unspecified atom stereocenters. The summed E-state index contributed by atoms with van der Waals surface area (Å²) >= 11 is 3.40. The number of carbonyl (C=O) groups excluding carboxylic acids is 1. The van der Waals surface area contributed by atoms with E-state index < -0.39 is 0 Å². The molecule has 3 N–H and O–H groups in total. The number of hydrogen-bond acceptors (Lipinski definition) is 3. The van der Waals surface area contributed by atoms with Crippen LogP contribution in [0.2, 0.25) is 0 Å². The highest BCUT2D eigenvalue weighted by atomic mass is 79.9. The fourth-order valence-electron chi connectivity index (χ4n) is 2.07. The Kier molecular flexibility index (Phi) is 5.78. The van der Waals surface area contributed by atoms with Crippen LogP contribution in [0.25, 0.3) is 0 Å². The molecule has 1 atom stereocenters. The molecule has 1 aromatic carbocycles. The van der Waals surface area contributed by atoms with Crippen LogP contribution in [0.3, 0.4) is 0 Å². The van der Waals surface area contributed by atoms with E-state index in [2.05, 4.69) is 21.4 Å². The summed E-state index contributed by atoms with van der Waals surface area (Å²) in [5.74, 6) is 5.28. The van der Waals surface area contributed by atoms with Crippen molar-refractivity contribution < 1.29 is 4.79 Å². The molecule has 100 valence electrons. The number of nitrogens with zero attached hydrogens (tertiary/aromatic N) is 1. The number of nitrogens with two attached hydrogens (primary N) is 1. The maximum Gasteiger partial charge on any atom is 0.251 e. The van der Waals surface area contributed by atoms with Crippen molar-refractivity contribution in [3.05, 3.63) is 34.3 Å². The molecule has 0 spiro atoms. The largest absolute Gasteiger partial charge is 0.293 e. The molecule has 0 fully saturated rings. The molecule has 5 heteroatoms. The minimum Gasteiger partial charge on any atom is -0.293 e. The highest BCUT2D eigenvalue weighted by molar-refractivity contribution is 9.10. The van der Waals surface area contributed by atoms with Gasteiger partial charge < -0.3 is 0 Å². The van der Waals surface area contributed by atoms with Gasteiger partial charge in [-0.2, -0.15) is 0 Å². The quantitative estimate of drug-likeness (QED) is 0.496. The molecule has 0 bridgehead atoms. The minimum atomic E-state index is -0.223. The Hall–Kier alpha value is -0.910. The first-order valence-electron chi connectivity index (χ1n) is 5.91. The highest BCUT2D eigenvalue weighted by Gasteiger charge is 2.25. The summed E-state index contributed by atoms with van der Waals surface area (Å²) < 4.78 is 1.05. The molecular weight excluding hydrogens is 294 g/mol. The first kappa shape index (κ1) is 15.1. The molecule has 0 radical (unpaired) electrons. The molecule has 0 saturated carbocycles. The van der Waals surface area contributed by atoms with Gasteiger partial charge in [-0.15, -0.1) is 0 Å². The first-order valence-corrected chi connectivity index (χ1v) is 6.70. The van der Waals surface area contributed by atoms with Crippen molar-refractivity contribution in [2.75, 3.05) is 7.05 Å². The standard InChI is InChI=1S/C13H20BrN3O/c1-9(2)12(13(18)16-15)17(3)8-10-4-6-11(14)7-5-10/h4-7,9,12H,8,15H2,1-3H3,(H,16,18). The summed E-state index contributed by atoms with van der Waals surface area (Å²) in [5.41, 5.74) is 3.40. The van der Waals surface area contributed by atoms with Crippen LogP contribution in [0.15, 0.2) is 28.7 Å². The number of benzene rings is 1. The number of halogens is 1. The summed E-state index contributed by atoms with van der Waals surface area (Å²) in [6.07, 6.45) is 0. The SMILES string of the molecule is CC(C)C(C(=O)NN)N(C)Cc1ccc(Br)cc1. The summed E-state index contributed by atoms with van der Waals surface area (Å²) in [5, 5.41) is 0. The van der Waals surface area contributed by atoms with Crippen LogP contribution in [0.1, 0.15) is 19.4 Å².